The van der Waals surface area contributed by atoms with Crippen molar-refractivity contribution in [2.75, 3.05) is 28.8 Å². The highest BCUT2D eigenvalue weighted by Gasteiger charge is 2.17. The van der Waals surface area contributed by atoms with Crippen LogP contribution in [0.15, 0.2) is 64.8 Å². The first-order valence-corrected chi connectivity index (χ1v) is 9.59. The van der Waals surface area contributed by atoms with E-state index in [9.17, 15) is 9.35 Å². The molecular formula is C18H18N6O2S. The van der Waals surface area contributed by atoms with E-state index in [-0.39, 0.29) is 5.91 Å². The number of aromatic nitrogens is 2. The van der Waals surface area contributed by atoms with Crippen LogP contribution >= 0.6 is 0 Å². The van der Waals surface area contributed by atoms with Crippen molar-refractivity contribution in [2.24, 2.45) is 4.99 Å². The number of hydrogen-bond acceptors (Lipinski definition) is 7. The quantitative estimate of drug-likeness (QED) is 0.501. The Kier molecular flexibility index (Phi) is 5.84. The molecule has 138 valence electrons. The lowest BCUT2D eigenvalue weighted by Crippen LogP contribution is -2.10. The molecule has 1 aliphatic heterocycles. The van der Waals surface area contributed by atoms with Gasteiger partial charge in [0.25, 0.3) is 0 Å². The number of aliphatic imine (C=N–C) groups is 1. The van der Waals surface area contributed by atoms with Gasteiger partial charge in [-0.15, -0.1) is 0 Å². The lowest BCUT2D eigenvalue weighted by molar-refractivity contribution is -0.111. The third-order valence-corrected chi connectivity index (χ3v) is 4.46. The average molecular weight is 382 g/mol. The molecule has 1 aliphatic rings. The van der Waals surface area contributed by atoms with E-state index in [1.807, 2.05) is 12.1 Å². The molecule has 0 spiro atoms. The number of allylic oxidation sites excluding steroid dienone is 1. The fourth-order valence-corrected chi connectivity index (χ4v) is 2.87. The Labute approximate surface area is 159 Å². The van der Waals surface area contributed by atoms with Crippen LogP contribution in [0.5, 0.6) is 0 Å². The van der Waals surface area contributed by atoms with Gasteiger partial charge >= 0.3 is 0 Å². The van der Waals surface area contributed by atoms with Gasteiger partial charge < -0.3 is 20.5 Å². The maximum Gasteiger partial charge on any atom is 0.247 e. The first kappa shape index (κ1) is 18.6. The maximum atomic E-state index is 12.0. The van der Waals surface area contributed by atoms with Crippen molar-refractivity contribution in [3.8, 4) is 0 Å². The molecule has 0 saturated heterocycles. The molecule has 1 aromatic carbocycles. The maximum absolute atomic E-state index is 12.0. The van der Waals surface area contributed by atoms with E-state index in [1.54, 1.807) is 30.7 Å². The molecule has 1 atom stereocenters. The largest absolute Gasteiger partial charge is 0.612 e. The zero-order chi connectivity index (χ0) is 19.2. The van der Waals surface area contributed by atoms with Crippen molar-refractivity contribution in [3.05, 3.63) is 54.9 Å². The summed E-state index contributed by atoms with van der Waals surface area (Å²) in [4.78, 5) is 24.7. The molecule has 1 amide bonds. The highest BCUT2D eigenvalue weighted by molar-refractivity contribution is 7.90. The van der Waals surface area contributed by atoms with E-state index in [4.69, 9.17) is 0 Å². The molecule has 0 bridgehead atoms. The van der Waals surface area contributed by atoms with Crippen molar-refractivity contribution < 1.29 is 9.35 Å². The molecule has 3 N–H and O–H groups in total. The predicted molar refractivity (Wildman–Crippen MR) is 108 cm³/mol. The Morgan fingerprint density at radius 3 is 2.85 bits per heavy atom. The van der Waals surface area contributed by atoms with Crippen molar-refractivity contribution in [1.29, 1.82) is 0 Å². The Balaban J connectivity index is 1.85. The Bertz CT molecular complexity index is 926. The van der Waals surface area contributed by atoms with Crippen LogP contribution in [0.2, 0.25) is 0 Å². The van der Waals surface area contributed by atoms with Crippen LogP contribution in [0.25, 0.3) is 0 Å². The molecule has 2 heterocycles. The third kappa shape index (κ3) is 4.93. The van der Waals surface area contributed by atoms with Crippen molar-refractivity contribution >= 4 is 46.4 Å². The number of carbonyl (C=O) groups excluding carboxylic acids is 1. The summed E-state index contributed by atoms with van der Waals surface area (Å²) >= 11 is -1.28. The smallest absolute Gasteiger partial charge is 0.247 e. The average Bonchev–Trinajstić information content (AvgIpc) is 3.15. The van der Waals surface area contributed by atoms with Crippen LogP contribution in [0.3, 0.4) is 0 Å². The van der Waals surface area contributed by atoms with Gasteiger partial charge in [-0.3, -0.25) is 9.79 Å². The van der Waals surface area contributed by atoms with E-state index in [2.05, 4.69) is 37.5 Å². The van der Waals surface area contributed by atoms with Crippen LogP contribution in [0.4, 0.5) is 23.1 Å². The minimum Gasteiger partial charge on any atom is -0.612 e. The van der Waals surface area contributed by atoms with Crippen molar-refractivity contribution in [2.45, 2.75) is 4.90 Å². The van der Waals surface area contributed by atoms with E-state index < -0.39 is 11.2 Å². The number of nitrogens with one attached hydrogen (secondary N) is 3. The predicted octanol–water partition coefficient (Wildman–Crippen LogP) is 2.46. The molecule has 8 nitrogen and oxygen atoms in total. The molecule has 0 fully saturated rings. The van der Waals surface area contributed by atoms with Crippen LogP contribution in [0, 0.1) is 0 Å². The SMILES string of the molecule is C=CC(=O)Nc1cccc(Nc2nc(NC3=CCN=C3)ncc2[S+](C)[O-])c1. The molecule has 1 aromatic heterocycles. The number of benzene rings is 1. The van der Waals surface area contributed by atoms with Crippen LogP contribution in [-0.2, 0) is 16.0 Å². The highest BCUT2D eigenvalue weighted by atomic mass is 32.2. The summed E-state index contributed by atoms with van der Waals surface area (Å²) in [5.74, 6) is 0.473. The zero-order valence-corrected chi connectivity index (χ0v) is 15.4. The summed E-state index contributed by atoms with van der Waals surface area (Å²) in [5, 5.41) is 8.89. The molecular weight excluding hydrogens is 364 g/mol. The Morgan fingerprint density at radius 1 is 1.33 bits per heavy atom. The molecule has 0 aliphatic carbocycles. The second kappa shape index (κ2) is 8.47. The summed E-state index contributed by atoms with van der Waals surface area (Å²) in [6.45, 7) is 4.05. The highest BCUT2D eigenvalue weighted by Crippen LogP contribution is 2.25. The number of anilines is 4. The number of nitrogens with zero attached hydrogens (tertiary/aromatic N) is 3. The van der Waals surface area contributed by atoms with Gasteiger partial charge in [-0.2, -0.15) is 4.98 Å². The van der Waals surface area contributed by atoms with Crippen molar-refractivity contribution in [1.82, 2.24) is 9.97 Å². The van der Waals surface area contributed by atoms with Gasteiger partial charge in [0.2, 0.25) is 16.8 Å². The van der Waals surface area contributed by atoms with Crippen LogP contribution in [0.1, 0.15) is 0 Å². The van der Waals surface area contributed by atoms with E-state index >= 15 is 0 Å². The Hall–Kier alpha value is -3.17. The number of hydrogen-bond donors (Lipinski definition) is 3. The second-order valence-electron chi connectivity index (χ2n) is 5.54. The normalized spacial score (nSPS) is 13.6. The standard InChI is InChI=1S/C18H18N6O2S/c1-3-16(25)21-12-5-4-6-13(9-12)22-17-15(27(2)26)11-20-18(24-17)23-14-7-8-19-10-14/h3-7,9-11H,1,8H2,2H3,(H,21,25)(H2,20,22,23,24). The molecule has 9 heteroatoms. The topological polar surface area (TPSA) is 114 Å². The van der Waals surface area contributed by atoms with Gasteiger partial charge in [0.05, 0.1) is 18.4 Å². The second-order valence-corrected chi connectivity index (χ2v) is 6.89. The van der Waals surface area contributed by atoms with Crippen LogP contribution < -0.4 is 16.0 Å². The summed E-state index contributed by atoms with van der Waals surface area (Å²) in [6, 6.07) is 7.09. The number of carbonyl (C=O) groups is 1. The summed E-state index contributed by atoms with van der Waals surface area (Å²) in [7, 11) is 0. The lowest BCUT2D eigenvalue weighted by Gasteiger charge is -2.13. The van der Waals surface area contributed by atoms with Gasteiger partial charge in [-0.25, -0.2) is 4.98 Å². The number of rotatable bonds is 7. The monoisotopic (exact) mass is 382 g/mol. The van der Waals surface area contributed by atoms with Gasteiger partial charge in [0.1, 0.15) is 6.26 Å². The lowest BCUT2D eigenvalue weighted by atomic mass is 10.2. The minimum absolute atomic E-state index is 0.303. The van der Waals surface area contributed by atoms with Gasteiger partial charge in [0, 0.05) is 17.6 Å². The third-order valence-electron chi connectivity index (χ3n) is 3.55. The summed E-state index contributed by atoms with van der Waals surface area (Å²) < 4.78 is 12.0. The molecule has 3 rings (SSSR count). The van der Waals surface area contributed by atoms with Gasteiger partial charge in [-0.1, -0.05) is 12.6 Å². The molecule has 0 radical (unpaired) electrons. The minimum atomic E-state index is -1.28. The molecule has 27 heavy (non-hydrogen) atoms. The van der Waals surface area contributed by atoms with E-state index in [0.29, 0.717) is 34.6 Å². The van der Waals surface area contributed by atoms with Crippen LogP contribution in [-0.4, -0.2) is 39.4 Å². The molecule has 0 saturated carbocycles. The Morgan fingerprint density at radius 2 is 2.15 bits per heavy atom. The first-order chi connectivity index (χ1) is 13.0. The fourth-order valence-electron chi connectivity index (χ4n) is 2.30. The van der Waals surface area contributed by atoms with E-state index in [0.717, 1.165) is 5.70 Å². The zero-order valence-electron chi connectivity index (χ0n) is 14.6. The first-order valence-electron chi connectivity index (χ1n) is 8.03. The molecule has 2 aromatic rings. The fraction of sp³-hybridized carbons (Fsp3) is 0.111. The van der Waals surface area contributed by atoms with E-state index in [1.165, 1.54) is 12.3 Å². The van der Waals surface area contributed by atoms with Gasteiger partial charge in [-0.05, 0) is 41.5 Å². The molecule has 1 unspecified atom stereocenters. The number of amides is 1. The van der Waals surface area contributed by atoms with Gasteiger partial charge in [0.15, 0.2) is 5.82 Å². The summed E-state index contributed by atoms with van der Waals surface area (Å²) in [6.07, 6.45) is 7.89. The summed E-state index contributed by atoms with van der Waals surface area (Å²) in [5.41, 5.74) is 2.08. The van der Waals surface area contributed by atoms with Crippen molar-refractivity contribution in [3.63, 3.8) is 0 Å².